The molecule has 0 aliphatic carbocycles. The van der Waals surface area contributed by atoms with E-state index in [0.29, 0.717) is 22.6 Å². The molecule has 0 spiro atoms. The SMILES string of the molecule is COc1ccc(C(N)=O)cc1NCc1cccc(Cl)c1F. The van der Waals surface area contributed by atoms with Gasteiger partial charge in [0.05, 0.1) is 17.8 Å². The van der Waals surface area contributed by atoms with E-state index in [4.69, 9.17) is 22.1 Å². The Morgan fingerprint density at radius 1 is 1.38 bits per heavy atom. The molecular weight excluding hydrogens is 295 g/mol. The Bertz CT molecular complexity index is 677. The molecule has 2 aromatic carbocycles. The Labute approximate surface area is 126 Å². The highest BCUT2D eigenvalue weighted by Gasteiger charge is 2.10. The fraction of sp³-hybridized carbons (Fsp3) is 0.133. The third-order valence-corrected chi connectivity index (χ3v) is 3.28. The van der Waals surface area contributed by atoms with Crippen molar-refractivity contribution in [1.82, 2.24) is 0 Å². The van der Waals surface area contributed by atoms with Crippen LogP contribution >= 0.6 is 11.6 Å². The van der Waals surface area contributed by atoms with Crippen molar-refractivity contribution in [3.05, 3.63) is 58.4 Å². The lowest BCUT2D eigenvalue weighted by Gasteiger charge is -2.13. The van der Waals surface area contributed by atoms with Crippen molar-refractivity contribution in [3.63, 3.8) is 0 Å². The fourth-order valence-corrected chi connectivity index (χ4v) is 2.07. The number of anilines is 1. The predicted molar refractivity (Wildman–Crippen MR) is 80.2 cm³/mol. The molecule has 110 valence electrons. The smallest absolute Gasteiger partial charge is 0.248 e. The highest BCUT2D eigenvalue weighted by molar-refractivity contribution is 6.30. The van der Waals surface area contributed by atoms with Crippen molar-refractivity contribution < 1.29 is 13.9 Å². The molecule has 0 unspecified atom stereocenters. The summed E-state index contributed by atoms with van der Waals surface area (Å²) in [7, 11) is 1.50. The number of carbonyl (C=O) groups is 1. The van der Waals surface area contributed by atoms with Crippen LogP contribution in [0.3, 0.4) is 0 Å². The second kappa shape index (κ2) is 6.45. The van der Waals surface area contributed by atoms with Crippen molar-refractivity contribution in [2.45, 2.75) is 6.54 Å². The molecule has 0 saturated heterocycles. The number of hydrogen-bond acceptors (Lipinski definition) is 3. The number of ether oxygens (including phenoxy) is 1. The molecule has 0 bridgehead atoms. The van der Waals surface area contributed by atoms with Gasteiger partial charge >= 0.3 is 0 Å². The third-order valence-electron chi connectivity index (χ3n) is 2.98. The Kier molecular flexibility index (Phi) is 4.65. The molecule has 0 heterocycles. The Morgan fingerprint density at radius 2 is 2.14 bits per heavy atom. The largest absolute Gasteiger partial charge is 0.495 e. The third kappa shape index (κ3) is 3.44. The number of nitrogens with one attached hydrogen (secondary N) is 1. The van der Waals surface area contributed by atoms with E-state index in [1.54, 1.807) is 30.3 Å². The summed E-state index contributed by atoms with van der Waals surface area (Å²) in [6.07, 6.45) is 0. The molecule has 21 heavy (non-hydrogen) atoms. The van der Waals surface area contributed by atoms with Crippen molar-refractivity contribution in [1.29, 1.82) is 0 Å². The first-order valence-electron chi connectivity index (χ1n) is 6.17. The van der Waals surface area contributed by atoms with Crippen LogP contribution < -0.4 is 15.8 Å². The van der Waals surface area contributed by atoms with Gasteiger partial charge < -0.3 is 15.8 Å². The van der Waals surface area contributed by atoms with Gasteiger partial charge in [-0.15, -0.1) is 0 Å². The summed E-state index contributed by atoms with van der Waals surface area (Å²) >= 11 is 5.73. The second-order valence-corrected chi connectivity index (χ2v) is 4.75. The quantitative estimate of drug-likeness (QED) is 0.891. The van der Waals surface area contributed by atoms with Crippen LogP contribution in [0.25, 0.3) is 0 Å². The van der Waals surface area contributed by atoms with Gasteiger partial charge in [0, 0.05) is 17.7 Å². The van der Waals surface area contributed by atoms with Crippen LogP contribution in [-0.2, 0) is 6.54 Å². The van der Waals surface area contributed by atoms with Gasteiger partial charge in [-0.25, -0.2) is 4.39 Å². The van der Waals surface area contributed by atoms with Crippen molar-refractivity contribution in [2.75, 3.05) is 12.4 Å². The first kappa shape index (κ1) is 15.1. The van der Waals surface area contributed by atoms with Crippen molar-refractivity contribution >= 4 is 23.2 Å². The van der Waals surface area contributed by atoms with Gasteiger partial charge in [-0.3, -0.25) is 4.79 Å². The number of amides is 1. The van der Waals surface area contributed by atoms with E-state index in [2.05, 4.69) is 5.32 Å². The van der Waals surface area contributed by atoms with Gasteiger partial charge in [-0.2, -0.15) is 0 Å². The van der Waals surface area contributed by atoms with E-state index in [-0.39, 0.29) is 11.6 Å². The molecule has 0 saturated carbocycles. The Balaban J connectivity index is 2.24. The molecule has 0 aromatic heterocycles. The van der Waals surface area contributed by atoms with Gasteiger partial charge in [0.2, 0.25) is 5.91 Å². The number of hydrogen-bond donors (Lipinski definition) is 2. The summed E-state index contributed by atoms with van der Waals surface area (Å²) in [6.45, 7) is 0.199. The lowest BCUT2D eigenvalue weighted by molar-refractivity contribution is 0.100. The van der Waals surface area contributed by atoms with E-state index in [0.717, 1.165) is 0 Å². The predicted octanol–water partition coefficient (Wildman–Crippen LogP) is 3.20. The number of primary amides is 1. The molecule has 0 aliphatic rings. The zero-order valence-corrected chi connectivity index (χ0v) is 12.1. The zero-order chi connectivity index (χ0) is 15.4. The fourth-order valence-electron chi connectivity index (χ4n) is 1.87. The molecule has 0 atom stereocenters. The first-order chi connectivity index (χ1) is 10.0. The highest BCUT2D eigenvalue weighted by Crippen LogP contribution is 2.27. The van der Waals surface area contributed by atoms with Crippen molar-refractivity contribution in [2.24, 2.45) is 5.73 Å². The van der Waals surface area contributed by atoms with Crippen LogP contribution in [0.2, 0.25) is 5.02 Å². The maximum absolute atomic E-state index is 13.8. The summed E-state index contributed by atoms with van der Waals surface area (Å²) < 4.78 is 19.0. The van der Waals surface area contributed by atoms with E-state index in [1.807, 2.05) is 0 Å². The molecule has 3 N–H and O–H groups in total. The maximum Gasteiger partial charge on any atom is 0.248 e. The summed E-state index contributed by atoms with van der Waals surface area (Å²) in [5.41, 5.74) is 6.54. The van der Waals surface area contributed by atoms with E-state index in [9.17, 15) is 9.18 Å². The zero-order valence-electron chi connectivity index (χ0n) is 11.3. The highest BCUT2D eigenvalue weighted by atomic mass is 35.5. The van der Waals surface area contributed by atoms with Gasteiger partial charge in [0.25, 0.3) is 0 Å². The topological polar surface area (TPSA) is 64.3 Å². The minimum Gasteiger partial charge on any atom is -0.495 e. The normalized spacial score (nSPS) is 10.2. The van der Waals surface area contributed by atoms with Crippen LogP contribution in [0, 0.1) is 5.82 Å². The molecule has 4 nitrogen and oxygen atoms in total. The number of methoxy groups -OCH3 is 1. The lowest BCUT2D eigenvalue weighted by Crippen LogP contribution is -2.12. The molecule has 0 radical (unpaired) electrons. The Morgan fingerprint density at radius 3 is 2.81 bits per heavy atom. The molecule has 1 amide bonds. The first-order valence-corrected chi connectivity index (χ1v) is 6.55. The van der Waals surface area contributed by atoms with Gasteiger partial charge in [0.15, 0.2) is 0 Å². The van der Waals surface area contributed by atoms with Crippen LogP contribution in [0.15, 0.2) is 36.4 Å². The molecule has 6 heteroatoms. The van der Waals surface area contributed by atoms with Gasteiger partial charge in [-0.1, -0.05) is 23.7 Å². The number of nitrogens with two attached hydrogens (primary N) is 1. The van der Waals surface area contributed by atoms with E-state index < -0.39 is 11.7 Å². The average molecular weight is 309 g/mol. The van der Waals surface area contributed by atoms with Crippen LogP contribution in [-0.4, -0.2) is 13.0 Å². The second-order valence-electron chi connectivity index (χ2n) is 4.35. The van der Waals surface area contributed by atoms with Crippen LogP contribution in [0.1, 0.15) is 15.9 Å². The lowest BCUT2D eigenvalue weighted by atomic mass is 10.1. The number of rotatable bonds is 5. The minimum absolute atomic E-state index is 0.0622. The number of halogens is 2. The summed E-state index contributed by atoms with van der Waals surface area (Å²) in [6, 6.07) is 9.51. The number of benzene rings is 2. The molecule has 2 aromatic rings. The minimum atomic E-state index is -0.547. The molecule has 0 fully saturated rings. The summed E-state index contributed by atoms with van der Waals surface area (Å²) in [4.78, 5) is 11.2. The summed E-state index contributed by atoms with van der Waals surface area (Å²) in [5.74, 6) is -0.492. The van der Waals surface area contributed by atoms with Gasteiger partial charge in [-0.05, 0) is 24.3 Å². The average Bonchev–Trinajstić information content (AvgIpc) is 2.48. The van der Waals surface area contributed by atoms with Crippen molar-refractivity contribution in [3.8, 4) is 5.75 Å². The molecular formula is C15H14ClFN2O2. The summed E-state index contributed by atoms with van der Waals surface area (Å²) in [5, 5.41) is 3.07. The van der Waals surface area contributed by atoms with Crippen LogP contribution in [0.4, 0.5) is 10.1 Å². The van der Waals surface area contributed by atoms with E-state index in [1.165, 1.54) is 13.2 Å². The Hall–Kier alpha value is -2.27. The molecule has 2 rings (SSSR count). The maximum atomic E-state index is 13.8. The molecule has 0 aliphatic heterocycles. The number of carbonyl (C=O) groups excluding carboxylic acids is 1. The standard InChI is InChI=1S/C15H14ClFN2O2/c1-21-13-6-5-9(15(18)20)7-12(13)19-8-10-3-2-4-11(16)14(10)17/h2-7,19H,8H2,1H3,(H2,18,20). The monoisotopic (exact) mass is 308 g/mol. The van der Waals surface area contributed by atoms with E-state index >= 15 is 0 Å². The van der Waals surface area contributed by atoms with Crippen LogP contribution in [0.5, 0.6) is 5.75 Å². The van der Waals surface area contributed by atoms with Gasteiger partial charge in [0.1, 0.15) is 11.6 Å².